The number of benzene rings is 1. The van der Waals surface area contributed by atoms with Gasteiger partial charge >= 0.3 is 0 Å². The Morgan fingerprint density at radius 3 is 2.65 bits per heavy atom. The van der Waals surface area contributed by atoms with Crippen LogP contribution in [0.25, 0.3) is 6.08 Å². The van der Waals surface area contributed by atoms with Crippen LogP contribution in [0.1, 0.15) is 18.2 Å². The van der Waals surface area contributed by atoms with Crippen LogP contribution in [0.15, 0.2) is 54.7 Å². The molecule has 3 nitrogen and oxygen atoms in total. The summed E-state index contributed by atoms with van der Waals surface area (Å²) >= 11 is 0. The van der Waals surface area contributed by atoms with Crippen molar-refractivity contribution >= 4 is 6.08 Å². The third-order valence-corrected chi connectivity index (χ3v) is 2.78. The second-order valence-electron chi connectivity index (χ2n) is 4.79. The van der Waals surface area contributed by atoms with Crippen LogP contribution in [0.3, 0.4) is 0 Å². The van der Waals surface area contributed by atoms with Gasteiger partial charge < -0.3 is 10.5 Å². The molecule has 1 heterocycles. The number of nitrogens with two attached hydrogens (primary N) is 1. The lowest BCUT2D eigenvalue weighted by Crippen LogP contribution is -2.18. The molecule has 1 atom stereocenters. The van der Waals surface area contributed by atoms with Crippen molar-refractivity contribution in [3.8, 4) is 5.75 Å². The van der Waals surface area contributed by atoms with Crippen molar-refractivity contribution in [2.24, 2.45) is 5.73 Å². The van der Waals surface area contributed by atoms with Crippen molar-refractivity contribution in [2.75, 3.05) is 6.61 Å². The molecule has 2 rings (SSSR count). The Labute approximate surface area is 120 Å². The molecule has 0 saturated carbocycles. The Bertz CT molecular complexity index is 533. The maximum absolute atomic E-state index is 5.74. The molecule has 0 aliphatic carbocycles. The molecule has 1 aromatic carbocycles. The molecule has 0 radical (unpaired) electrons. The third-order valence-electron chi connectivity index (χ3n) is 2.78. The topological polar surface area (TPSA) is 48.1 Å². The first-order valence-corrected chi connectivity index (χ1v) is 6.79. The van der Waals surface area contributed by atoms with E-state index < -0.39 is 0 Å². The summed E-state index contributed by atoms with van der Waals surface area (Å²) in [5.74, 6) is 0.774. The summed E-state index contributed by atoms with van der Waals surface area (Å²) in [5, 5.41) is 0. The minimum Gasteiger partial charge on any atom is -0.488 e. The highest BCUT2D eigenvalue weighted by molar-refractivity contribution is 5.48. The van der Waals surface area contributed by atoms with E-state index >= 15 is 0 Å². The van der Waals surface area contributed by atoms with E-state index in [1.165, 1.54) is 5.56 Å². The molecule has 0 fully saturated rings. The number of hydrogen-bond donors (Lipinski definition) is 1. The average Bonchev–Trinajstić information content (AvgIpc) is 2.46. The molecule has 0 saturated heterocycles. The molecule has 0 bridgehead atoms. The van der Waals surface area contributed by atoms with E-state index in [4.69, 9.17) is 10.5 Å². The fourth-order valence-corrected chi connectivity index (χ4v) is 1.84. The van der Waals surface area contributed by atoms with Gasteiger partial charge in [0.1, 0.15) is 12.4 Å². The highest BCUT2D eigenvalue weighted by atomic mass is 16.5. The molecule has 1 unspecified atom stereocenters. The summed E-state index contributed by atoms with van der Waals surface area (Å²) in [7, 11) is 0. The van der Waals surface area contributed by atoms with Crippen LogP contribution in [0.4, 0.5) is 0 Å². The highest BCUT2D eigenvalue weighted by Gasteiger charge is 1.99. The van der Waals surface area contributed by atoms with Gasteiger partial charge in [-0.05, 0) is 30.7 Å². The summed E-state index contributed by atoms with van der Waals surface area (Å²) < 4.78 is 5.61. The zero-order chi connectivity index (χ0) is 14.2. The van der Waals surface area contributed by atoms with E-state index in [9.17, 15) is 0 Å². The van der Waals surface area contributed by atoms with Gasteiger partial charge in [-0.3, -0.25) is 4.98 Å². The van der Waals surface area contributed by atoms with E-state index in [2.05, 4.69) is 17.1 Å². The lowest BCUT2D eigenvalue weighted by atomic mass is 10.2. The normalized spacial score (nSPS) is 12.5. The van der Waals surface area contributed by atoms with Crippen molar-refractivity contribution in [1.82, 2.24) is 4.98 Å². The maximum Gasteiger partial charge on any atom is 0.138 e. The molecule has 2 N–H and O–H groups in total. The van der Waals surface area contributed by atoms with Gasteiger partial charge in [0.25, 0.3) is 0 Å². The average molecular weight is 268 g/mol. The predicted octanol–water partition coefficient (Wildman–Crippen LogP) is 3.06. The summed E-state index contributed by atoms with van der Waals surface area (Å²) in [6, 6.07) is 14.2. The first-order valence-electron chi connectivity index (χ1n) is 6.79. The molecule has 0 amide bonds. The summed E-state index contributed by atoms with van der Waals surface area (Å²) in [6.45, 7) is 2.50. The second-order valence-corrected chi connectivity index (χ2v) is 4.79. The molecule has 20 heavy (non-hydrogen) atoms. The predicted molar refractivity (Wildman–Crippen MR) is 82.6 cm³/mol. The van der Waals surface area contributed by atoms with Gasteiger partial charge in [0.15, 0.2) is 0 Å². The monoisotopic (exact) mass is 268 g/mol. The Balaban J connectivity index is 1.81. The van der Waals surface area contributed by atoms with Gasteiger partial charge in [0, 0.05) is 18.2 Å². The fraction of sp³-hybridized carbons (Fsp3) is 0.235. The number of ether oxygens (including phenoxy) is 1. The first kappa shape index (κ1) is 14.3. The zero-order valence-corrected chi connectivity index (χ0v) is 11.7. The van der Waals surface area contributed by atoms with E-state index in [-0.39, 0.29) is 6.04 Å². The number of pyridine rings is 1. The van der Waals surface area contributed by atoms with Crippen LogP contribution in [0.5, 0.6) is 5.75 Å². The molecule has 0 spiro atoms. The summed E-state index contributed by atoms with van der Waals surface area (Å²) in [5.41, 5.74) is 7.90. The van der Waals surface area contributed by atoms with Crippen molar-refractivity contribution < 1.29 is 4.74 Å². The molecular formula is C17H20N2O. The molecule has 2 aromatic rings. The summed E-state index contributed by atoms with van der Waals surface area (Å²) in [6.07, 6.45) is 6.56. The maximum atomic E-state index is 5.74. The highest BCUT2D eigenvalue weighted by Crippen LogP contribution is 2.10. The minimum absolute atomic E-state index is 0.128. The van der Waals surface area contributed by atoms with Crippen LogP contribution in [-0.2, 0) is 6.42 Å². The lowest BCUT2D eigenvalue weighted by molar-refractivity contribution is 0.361. The smallest absolute Gasteiger partial charge is 0.138 e. The van der Waals surface area contributed by atoms with E-state index in [1.807, 2.05) is 49.4 Å². The SMILES string of the molecule is CC(N)Cc1ccc(OCC=Cc2ccccc2)cn1. The van der Waals surface area contributed by atoms with Crippen LogP contribution in [0, 0.1) is 0 Å². The molecule has 0 aliphatic heterocycles. The Kier molecular flexibility index (Phi) is 5.33. The van der Waals surface area contributed by atoms with E-state index in [1.54, 1.807) is 6.20 Å². The van der Waals surface area contributed by atoms with Gasteiger partial charge in [-0.2, -0.15) is 0 Å². The quantitative estimate of drug-likeness (QED) is 0.876. The first-order chi connectivity index (χ1) is 9.74. The fourth-order valence-electron chi connectivity index (χ4n) is 1.84. The number of nitrogens with zero attached hydrogens (tertiary/aromatic N) is 1. The van der Waals surface area contributed by atoms with Crippen molar-refractivity contribution in [3.05, 3.63) is 66.0 Å². The lowest BCUT2D eigenvalue weighted by Gasteiger charge is -2.06. The molecule has 1 aromatic heterocycles. The van der Waals surface area contributed by atoms with Gasteiger partial charge in [-0.25, -0.2) is 0 Å². The molecule has 0 aliphatic rings. The van der Waals surface area contributed by atoms with Gasteiger partial charge in [0.05, 0.1) is 6.20 Å². The number of rotatable bonds is 6. The Morgan fingerprint density at radius 1 is 1.20 bits per heavy atom. The van der Waals surface area contributed by atoms with Gasteiger partial charge in [-0.15, -0.1) is 0 Å². The van der Waals surface area contributed by atoms with Crippen LogP contribution in [-0.4, -0.2) is 17.6 Å². The minimum atomic E-state index is 0.128. The zero-order valence-electron chi connectivity index (χ0n) is 11.7. The van der Waals surface area contributed by atoms with Gasteiger partial charge in [-0.1, -0.05) is 36.4 Å². The van der Waals surface area contributed by atoms with Crippen LogP contribution >= 0.6 is 0 Å². The van der Waals surface area contributed by atoms with Crippen molar-refractivity contribution in [1.29, 1.82) is 0 Å². The molecular weight excluding hydrogens is 248 g/mol. The molecule has 104 valence electrons. The van der Waals surface area contributed by atoms with E-state index in [0.29, 0.717) is 6.61 Å². The number of aromatic nitrogens is 1. The largest absolute Gasteiger partial charge is 0.488 e. The second kappa shape index (κ2) is 7.46. The Morgan fingerprint density at radius 2 is 2.00 bits per heavy atom. The van der Waals surface area contributed by atoms with E-state index in [0.717, 1.165) is 17.9 Å². The third kappa shape index (κ3) is 4.86. The van der Waals surface area contributed by atoms with Crippen molar-refractivity contribution in [2.45, 2.75) is 19.4 Å². The van der Waals surface area contributed by atoms with Crippen LogP contribution in [0.2, 0.25) is 0 Å². The summed E-state index contributed by atoms with van der Waals surface area (Å²) in [4.78, 5) is 4.33. The number of hydrogen-bond acceptors (Lipinski definition) is 3. The van der Waals surface area contributed by atoms with Crippen LogP contribution < -0.4 is 10.5 Å². The molecule has 3 heteroatoms. The standard InChI is InChI=1S/C17H20N2O/c1-14(18)12-16-9-10-17(13-19-16)20-11-5-8-15-6-3-2-4-7-15/h2-10,13-14H,11-12,18H2,1H3. The van der Waals surface area contributed by atoms with Gasteiger partial charge in [0.2, 0.25) is 0 Å². The van der Waals surface area contributed by atoms with Crippen molar-refractivity contribution in [3.63, 3.8) is 0 Å². The Hall–Kier alpha value is -2.13.